The molecule has 0 aliphatic heterocycles. The van der Waals surface area contributed by atoms with Gasteiger partial charge in [-0.3, -0.25) is 0 Å². The van der Waals surface area contributed by atoms with Crippen molar-refractivity contribution >= 4 is 21.6 Å². The van der Waals surface area contributed by atoms with E-state index < -0.39 is 10.0 Å². The average Bonchev–Trinajstić information content (AvgIpc) is 2.36. The standard InChI is InChI=1S/C12H19ClN2O3S/c1-3-18-8-9(2)15-19(16,17)11-4-5-12(13)10(6-11)7-14/h4-6,9,15H,3,7-8,14H2,1-2H3. The Labute approximate surface area is 119 Å². The largest absolute Gasteiger partial charge is 0.380 e. The van der Waals surface area contributed by atoms with Crippen LogP contribution in [-0.4, -0.2) is 27.7 Å². The van der Waals surface area contributed by atoms with E-state index in [-0.39, 0.29) is 17.5 Å². The highest BCUT2D eigenvalue weighted by Crippen LogP contribution is 2.20. The van der Waals surface area contributed by atoms with Gasteiger partial charge in [0.25, 0.3) is 0 Å². The molecule has 0 fully saturated rings. The van der Waals surface area contributed by atoms with Crippen LogP contribution in [0.15, 0.2) is 23.1 Å². The van der Waals surface area contributed by atoms with Crippen molar-refractivity contribution in [3.63, 3.8) is 0 Å². The van der Waals surface area contributed by atoms with E-state index in [1.54, 1.807) is 6.92 Å². The zero-order valence-corrected chi connectivity index (χ0v) is 12.6. The Morgan fingerprint density at radius 3 is 2.74 bits per heavy atom. The van der Waals surface area contributed by atoms with Crippen molar-refractivity contribution in [1.82, 2.24) is 4.72 Å². The van der Waals surface area contributed by atoms with Crippen LogP contribution in [0.1, 0.15) is 19.4 Å². The molecule has 0 amide bonds. The number of nitrogens with two attached hydrogens (primary N) is 1. The molecule has 1 unspecified atom stereocenters. The summed E-state index contributed by atoms with van der Waals surface area (Å²) in [6.45, 7) is 4.66. The van der Waals surface area contributed by atoms with Gasteiger partial charge < -0.3 is 10.5 Å². The fourth-order valence-corrected chi connectivity index (χ4v) is 3.01. The third kappa shape index (κ3) is 4.74. The van der Waals surface area contributed by atoms with Crippen LogP contribution in [0.3, 0.4) is 0 Å². The zero-order valence-electron chi connectivity index (χ0n) is 11.0. The maximum absolute atomic E-state index is 12.1. The molecule has 0 radical (unpaired) electrons. The van der Waals surface area contributed by atoms with Crippen LogP contribution in [0.5, 0.6) is 0 Å². The molecule has 108 valence electrons. The van der Waals surface area contributed by atoms with Crippen LogP contribution < -0.4 is 10.5 Å². The van der Waals surface area contributed by atoms with Gasteiger partial charge in [0.05, 0.1) is 11.5 Å². The molecule has 1 aromatic carbocycles. The first kappa shape index (κ1) is 16.4. The molecule has 0 saturated heterocycles. The lowest BCUT2D eigenvalue weighted by atomic mass is 10.2. The van der Waals surface area contributed by atoms with Crippen molar-refractivity contribution in [2.45, 2.75) is 31.3 Å². The van der Waals surface area contributed by atoms with Gasteiger partial charge in [-0.25, -0.2) is 13.1 Å². The fraction of sp³-hybridized carbons (Fsp3) is 0.500. The molecule has 0 aromatic heterocycles. The highest BCUT2D eigenvalue weighted by molar-refractivity contribution is 7.89. The summed E-state index contributed by atoms with van der Waals surface area (Å²) in [6.07, 6.45) is 0. The van der Waals surface area contributed by atoms with Crippen LogP contribution >= 0.6 is 11.6 Å². The second-order valence-corrected chi connectivity index (χ2v) is 6.26. The van der Waals surface area contributed by atoms with Crippen LogP contribution in [0.25, 0.3) is 0 Å². The molecule has 0 saturated carbocycles. The maximum Gasteiger partial charge on any atom is 0.240 e. The van der Waals surface area contributed by atoms with E-state index in [1.165, 1.54) is 18.2 Å². The van der Waals surface area contributed by atoms with E-state index >= 15 is 0 Å². The fourth-order valence-electron chi connectivity index (χ4n) is 1.54. The molecule has 19 heavy (non-hydrogen) atoms. The van der Waals surface area contributed by atoms with E-state index in [0.29, 0.717) is 23.8 Å². The van der Waals surface area contributed by atoms with Crippen molar-refractivity contribution in [2.24, 2.45) is 5.73 Å². The van der Waals surface area contributed by atoms with Gasteiger partial charge in [-0.1, -0.05) is 11.6 Å². The van der Waals surface area contributed by atoms with Crippen LogP contribution in [0, 0.1) is 0 Å². The predicted octanol–water partition coefficient (Wildman–Crippen LogP) is 1.50. The van der Waals surface area contributed by atoms with Gasteiger partial charge in [0.2, 0.25) is 10.0 Å². The second kappa shape index (κ2) is 7.21. The van der Waals surface area contributed by atoms with Crippen LogP contribution in [0.2, 0.25) is 5.02 Å². The number of halogens is 1. The number of nitrogens with one attached hydrogen (secondary N) is 1. The summed E-state index contributed by atoms with van der Waals surface area (Å²) in [5, 5.41) is 0.462. The molecule has 0 bridgehead atoms. The molecule has 0 spiro atoms. The van der Waals surface area contributed by atoms with E-state index in [1.807, 2.05) is 6.92 Å². The van der Waals surface area contributed by atoms with Gasteiger partial charge in [-0.05, 0) is 37.6 Å². The Hall–Kier alpha value is -0.660. The highest BCUT2D eigenvalue weighted by atomic mass is 35.5. The lowest BCUT2D eigenvalue weighted by Crippen LogP contribution is -2.35. The normalized spacial score (nSPS) is 13.5. The topological polar surface area (TPSA) is 81.4 Å². The average molecular weight is 307 g/mol. The van der Waals surface area contributed by atoms with Crippen LogP contribution in [0.4, 0.5) is 0 Å². The molecule has 0 aliphatic rings. The van der Waals surface area contributed by atoms with Gasteiger partial charge in [0.15, 0.2) is 0 Å². The van der Waals surface area contributed by atoms with E-state index in [4.69, 9.17) is 22.1 Å². The Bertz CT molecular complexity index is 520. The van der Waals surface area contributed by atoms with Crippen LogP contribution in [-0.2, 0) is 21.3 Å². The number of hydrogen-bond donors (Lipinski definition) is 2. The van der Waals surface area contributed by atoms with Gasteiger partial charge in [-0.15, -0.1) is 0 Å². The zero-order chi connectivity index (χ0) is 14.5. The summed E-state index contributed by atoms with van der Waals surface area (Å²) in [5.74, 6) is 0. The van der Waals surface area contributed by atoms with Gasteiger partial charge >= 0.3 is 0 Å². The first-order valence-electron chi connectivity index (χ1n) is 5.99. The minimum absolute atomic E-state index is 0.153. The number of hydrogen-bond acceptors (Lipinski definition) is 4. The maximum atomic E-state index is 12.1. The van der Waals surface area contributed by atoms with Gasteiger partial charge in [0.1, 0.15) is 0 Å². The lowest BCUT2D eigenvalue weighted by Gasteiger charge is -2.14. The Morgan fingerprint density at radius 2 is 2.16 bits per heavy atom. The van der Waals surface area contributed by atoms with Crippen molar-refractivity contribution in [3.8, 4) is 0 Å². The second-order valence-electron chi connectivity index (χ2n) is 4.14. The third-order valence-corrected chi connectivity index (χ3v) is 4.43. The number of rotatable bonds is 7. The smallest absolute Gasteiger partial charge is 0.240 e. The lowest BCUT2D eigenvalue weighted by molar-refractivity contribution is 0.133. The van der Waals surface area contributed by atoms with Crippen molar-refractivity contribution in [3.05, 3.63) is 28.8 Å². The number of ether oxygens (including phenoxy) is 1. The minimum atomic E-state index is -3.58. The summed E-state index contributed by atoms with van der Waals surface area (Å²) in [6, 6.07) is 4.17. The summed E-state index contributed by atoms with van der Waals surface area (Å²) < 4.78 is 32.0. The monoisotopic (exact) mass is 306 g/mol. The van der Waals surface area contributed by atoms with Crippen molar-refractivity contribution in [2.75, 3.05) is 13.2 Å². The van der Waals surface area contributed by atoms with Gasteiger partial charge in [-0.2, -0.15) is 0 Å². The Kier molecular flexibility index (Phi) is 6.22. The Balaban J connectivity index is 2.88. The highest BCUT2D eigenvalue weighted by Gasteiger charge is 2.18. The molecule has 1 rings (SSSR count). The summed E-state index contributed by atoms with van der Waals surface area (Å²) in [4.78, 5) is 0.153. The van der Waals surface area contributed by atoms with E-state index in [9.17, 15) is 8.42 Å². The van der Waals surface area contributed by atoms with Gasteiger partial charge in [0, 0.05) is 24.2 Å². The molecule has 3 N–H and O–H groups in total. The predicted molar refractivity (Wildman–Crippen MR) is 75.6 cm³/mol. The minimum Gasteiger partial charge on any atom is -0.380 e. The molecule has 0 heterocycles. The molecule has 0 aliphatic carbocycles. The number of benzene rings is 1. The molecular weight excluding hydrogens is 288 g/mol. The first-order valence-corrected chi connectivity index (χ1v) is 7.85. The summed E-state index contributed by atoms with van der Waals surface area (Å²) in [5.41, 5.74) is 6.11. The van der Waals surface area contributed by atoms with Crippen molar-refractivity contribution in [1.29, 1.82) is 0 Å². The molecule has 5 nitrogen and oxygen atoms in total. The summed E-state index contributed by atoms with van der Waals surface area (Å²) >= 11 is 5.91. The first-order chi connectivity index (χ1) is 8.90. The van der Waals surface area contributed by atoms with E-state index in [2.05, 4.69) is 4.72 Å². The molecule has 7 heteroatoms. The third-order valence-electron chi connectivity index (χ3n) is 2.48. The number of sulfonamides is 1. The van der Waals surface area contributed by atoms with Crippen molar-refractivity contribution < 1.29 is 13.2 Å². The molecular formula is C12H19ClN2O3S. The molecule has 1 atom stereocenters. The summed E-state index contributed by atoms with van der Waals surface area (Å²) in [7, 11) is -3.58. The van der Waals surface area contributed by atoms with E-state index in [0.717, 1.165) is 0 Å². The molecule has 1 aromatic rings. The Morgan fingerprint density at radius 1 is 1.47 bits per heavy atom. The quantitative estimate of drug-likeness (QED) is 0.800. The SMILES string of the molecule is CCOCC(C)NS(=O)(=O)c1ccc(Cl)c(CN)c1.